The van der Waals surface area contributed by atoms with E-state index in [0.717, 1.165) is 50.7 Å². The average Bonchev–Trinajstić information content (AvgIpc) is 1.66. The van der Waals surface area contributed by atoms with Gasteiger partial charge in [-0.2, -0.15) is 0 Å². The van der Waals surface area contributed by atoms with E-state index in [9.17, 15) is 9.59 Å². The van der Waals surface area contributed by atoms with Gasteiger partial charge < -0.3 is 17.3 Å². The first-order valence-corrected chi connectivity index (χ1v) is 33.7. The van der Waals surface area contributed by atoms with Crippen LogP contribution in [0.5, 0.6) is 0 Å². The van der Waals surface area contributed by atoms with Crippen molar-refractivity contribution >= 4 is 102 Å². The molecule has 1 aliphatic carbocycles. The summed E-state index contributed by atoms with van der Waals surface area (Å²) >= 11 is 0.114. The molecule has 0 amide bonds. The van der Waals surface area contributed by atoms with Crippen molar-refractivity contribution in [2.75, 3.05) is 0 Å². The van der Waals surface area contributed by atoms with E-state index < -0.39 is 167 Å². The number of aromatic nitrogens is 4. The van der Waals surface area contributed by atoms with Crippen LogP contribution < -0.4 is 40.5 Å². The fourth-order valence-corrected chi connectivity index (χ4v) is 17.5. The number of hydrogen-bond acceptors (Lipinski definition) is 6. The van der Waals surface area contributed by atoms with Gasteiger partial charge >= 0.3 is 0 Å². The summed E-state index contributed by atoms with van der Waals surface area (Å²) in [4.78, 5) is 18.9. The Hall–Kier alpha value is -8.53. The molecule has 2 aliphatic heterocycles. The molecule has 530 valence electrons. The number of unbranched alkanes of at least 4 members (excludes halogenated alkanes) is 10. The molecule has 10 aromatic rings. The van der Waals surface area contributed by atoms with Crippen LogP contribution in [-0.2, 0) is 15.0 Å². The van der Waals surface area contributed by atoms with Crippen molar-refractivity contribution in [1.29, 1.82) is 0 Å². The van der Waals surface area contributed by atoms with Crippen molar-refractivity contribution in [2.45, 2.75) is 137 Å². The number of rotatable bonds is 18. The standard InChI is InChI=1S/C65H44B2F20N4S2.2C3H6O/c1-3-5-7-9-11-13-21-65(22-14-12-10-8-6-4-2)33-23-31-27-17-15-19-37-63(27)90(92-88-37)66(39-43(68)51(76)59(84)52(77)44(39)69,40-45(70)53(78)60(85)54(79)46(40)71)35(31)25-29(33)30-26-36-32(24-34(30)65)28-18-16-20-38-64(28)91(93-89-38)67(36,41-47(72)55(80)61(86)56(81)48(41)73)42-49(74)57(82)62(87)58(83)50(42)75;2*1-3(2)4/h15-20,23-26H,3-14,21-22H2,1-2H3;2*1-2H3. The van der Waals surface area contributed by atoms with Gasteiger partial charge in [0.1, 0.15) is 58.1 Å². The summed E-state index contributed by atoms with van der Waals surface area (Å²) in [6.45, 7) is 10.1. The van der Waals surface area contributed by atoms with Gasteiger partial charge in [-0.15, -0.1) is 10.9 Å². The molecule has 0 fully saturated rings. The fraction of sp³-hybridized carbons (Fsp3) is 0.296. The number of nitrogens with zero attached hydrogens (tertiary/aromatic N) is 4. The Kier molecular flexibility index (Phi) is 20.4. The Bertz CT molecular complexity index is 4530. The second-order valence-corrected chi connectivity index (χ2v) is 27.3. The van der Waals surface area contributed by atoms with Gasteiger partial charge in [0.15, 0.2) is 80.8 Å². The summed E-state index contributed by atoms with van der Waals surface area (Å²) in [5, 5.41) is 0. The molecule has 0 atom stereocenters. The van der Waals surface area contributed by atoms with Gasteiger partial charge in [0, 0.05) is 25.3 Å². The summed E-state index contributed by atoms with van der Waals surface area (Å²) in [5.74, 6) is -55.5. The van der Waals surface area contributed by atoms with Crippen LogP contribution in [0.1, 0.15) is 143 Å². The molecule has 0 spiro atoms. The molecule has 0 bridgehead atoms. The first-order valence-electron chi connectivity index (χ1n) is 32.2. The predicted molar refractivity (Wildman–Crippen MR) is 344 cm³/mol. The Balaban J connectivity index is 0.00000122. The van der Waals surface area contributed by atoms with Gasteiger partial charge in [-0.05, 0) is 86.1 Å². The second kappa shape index (κ2) is 28.0. The minimum absolute atomic E-state index is 0.0569. The van der Waals surface area contributed by atoms with Crippen molar-refractivity contribution in [1.82, 2.24) is 8.75 Å². The van der Waals surface area contributed by atoms with Crippen molar-refractivity contribution in [3.8, 4) is 33.4 Å². The van der Waals surface area contributed by atoms with Crippen LogP contribution in [0.3, 0.4) is 0 Å². The SMILES string of the molecule is CC(C)=O.CC(C)=O.CCCCCCCCC1(CCCCCCCC)c2cc3c(cc2-c2cc4c(cc21)-c1cccc2ns[n+](c12)[B-]4(c1c(F)c(F)c(F)c(F)c1F)c1c(F)c(F)c(F)c(F)c1F)[B-](c1c(F)c(F)c(F)c(F)c1F)(c1c(F)c(F)c(F)c(F)c1F)[n+]1snc2cccc-3c21. The molecular formula is C71H56B2F20N4O2S2. The topological polar surface area (TPSA) is 67.7 Å². The lowest BCUT2D eigenvalue weighted by molar-refractivity contribution is -0.430. The van der Waals surface area contributed by atoms with Crippen molar-refractivity contribution in [3.63, 3.8) is 0 Å². The van der Waals surface area contributed by atoms with E-state index in [-0.39, 0.29) is 114 Å². The molecule has 0 saturated heterocycles. The molecule has 0 radical (unpaired) electrons. The third-order valence-corrected chi connectivity index (χ3v) is 21.3. The summed E-state index contributed by atoms with van der Waals surface area (Å²) in [6.07, 6.45) is -2.45. The molecule has 6 nitrogen and oxygen atoms in total. The van der Waals surface area contributed by atoms with E-state index in [1.807, 2.05) is 13.8 Å². The molecule has 30 heteroatoms. The molecule has 8 aromatic carbocycles. The first-order chi connectivity index (χ1) is 47.9. The lowest BCUT2D eigenvalue weighted by Crippen LogP contribution is -2.87. The van der Waals surface area contributed by atoms with Crippen LogP contribution in [0.15, 0.2) is 60.7 Å². The zero-order chi connectivity index (χ0) is 73.5. The first kappa shape index (κ1) is 73.7. The molecule has 3 aliphatic rings. The molecule has 101 heavy (non-hydrogen) atoms. The van der Waals surface area contributed by atoms with E-state index in [1.54, 1.807) is 0 Å². The molecule has 13 rings (SSSR count). The minimum atomic E-state index is -5.20. The van der Waals surface area contributed by atoms with Crippen LogP contribution in [0.25, 0.3) is 55.4 Å². The van der Waals surface area contributed by atoms with E-state index in [4.69, 9.17) is 0 Å². The number of carbonyl (C=O) groups excluding carboxylic acids is 2. The number of benzene rings is 8. The quantitative estimate of drug-likeness (QED) is 0.0282. The zero-order valence-electron chi connectivity index (χ0n) is 54.3. The number of halogens is 20. The number of hydrogen-bond donors (Lipinski definition) is 0. The third kappa shape index (κ3) is 11.2. The number of carbonyl (C=O) groups is 2. The highest BCUT2D eigenvalue weighted by atomic mass is 32.1. The maximum absolute atomic E-state index is 17.5. The van der Waals surface area contributed by atoms with E-state index >= 15 is 87.8 Å². The Morgan fingerprint density at radius 2 is 0.594 bits per heavy atom. The monoisotopic (exact) mass is 1460 g/mol. The lowest BCUT2D eigenvalue weighted by Gasteiger charge is -2.44. The van der Waals surface area contributed by atoms with Gasteiger partial charge in [-0.1, -0.05) is 161 Å². The maximum atomic E-state index is 17.5. The molecular weight excluding hydrogens is 1410 g/mol. The number of Topliss-reactive ketones (excluding diaryl/α,β-unsaturated/α-hetero) is 2. The molecule has 0 N–H and O–H groups in total. The maximum Gasteiger partial charge on any atom is 0.297 e. The Morgan fingerprint density at radius 1 is 0.347 bits per heavy atom. The van der Waals surface area contributed by atoms with E-state index in [2.05, 4.69) is 8.75 Å². The molecule has 0 unspecified atom stereocenters. The van der Waals surface area contributed by atoms with Gasteiger partial charge in [-0.25, -0.2) is 87.8 Å². The normalized spacial score (nSPS) is 13.9. The highest BCUT2D eigenvalue weighted by Crippen LogP contribution is 2.57. The van der Waals surface area contributed by atoms with E-state index in [1.165, 1.54) is 76.2 Å². The Labute approximate surface area is 572 Å². The largest absolute Gasteiger partial charge is 0.352 e. The molecule has 2 aromatic heterocycles. The summed E-state index contributed by atoms with van der Waals surface area (Å²) in [6, 6.07) is 12.5. The summed E-state index contributed by atoms with van der Waals surface area (Å²) in [5.41, 5.74) is -14.5. The number of fused-ring (bicyclic) bond motifs is 7. The minimum Gasteiger partial charge on any atom is -0.352 e. The van der Waals surface area contributed by atoms with Crippen molar-refractivity contribution < 1.29 is 105 Å². The molecule has 0 saturated carbocycles. The predicted octanol–water partition coefficient (Wildman–Crippen LogP) is 16.2. The lowest BCUT2D eigenvalue weighted by atomic mass is 9.22. The number of ketones is 2. The van der Waals surface area contributed by atoms with Crippen LogP contribution >= 0.6 is 23.5 Å². The summed E-state index contributed by atoms with van der Waals surface area (Å²) < 4.78 is 342. The van der Waals surface area contributed by atoms with Gasteiger partial charge in [0.2, 0.25) is 34.5 Å². The smallest absolute Gasteiger partial charge is 0.297 e. The highest BCUT2D eigenvalue weighted by Gasteiger charge is 2.59. The third-order valence-electron chi connectivity index (χ3n) is 19.4. The molecule has 4 heterocycles. The zero-order valence-corrected chi connectivity index (χ0v) is 55.9. The van der Waals surface area contributed by atoms with Crippen LogP contribution in [0.4, 0.5) is 87.8 Å². The number of para-hydroxylation sites is 2. The van der Waals surface area contributed by atoms with Gasteiger partial charge in [0.25, 0.3) is 12.6 Å². The fourth-order valence-electron chi connectivity index (χ4n) is 15.3. The average molecular weight is 1460 g/mol. The Morgan fingerprint density at radius 3 is 0.861 bits per heavy atom. The summed E-state index contributed by atoms with van der Waals surface area (Å²) in [7, 11) is 0. The highest BCUT2D eigenvalue weighted by molar-refractivity contribution is 7.13. The van der Waals surface area contributed by atoms with Gasteiger partial charge in [-0.3, -0.25) is 0 Å². The van der Waals surface area contributed by atoms with Crippen LogP contribution in [-0.4, -0.2) is 32.9 Å². The second-order valence-electron chi connectivity index (χ2n) is 25.8. The van der Waals surface area contributed by atoms with Crippen molar-refractivity contribution in [2.24, 2.45) is 0 Å². The van der Waals surface area contributed by atoms with E-state index in [0.29, 0.717) is 46.3 Å². The van der Waals surface area contributed by atoms with Crippen LogP contribution in [0.2, 0.25) is 0 Å². The van der Waals surface area contributed by atoms with Crippen molar-refractivity contribution in [3.05, 3.63) is 188 Å². The van der Waals surface area contributed by atoms with Crippen LogP contribution in [0, 0.1) is 116 Å². The van der Waals surface area contributed by atoms with Gasteiger partial charge in [0.05, 0.1) is 0 Å².